The zero-order chi connectivity index (χ0) is 20.8. The van der Waals surface area contributed by atoms with Crippen LogP contribution in [0.3, 0.4) is 0 Å². The van der Waals surface area contributed by atoms with Crippen LogP contribution in [0.1, 0.15) is 45.0 Å². The Bertz CT molecular complexity index is 764. The van der Waals surface area contributed by atoms with Gasteiger partial charge in [0.05, 0.1) is 19.8 Å². The summed E-state index contributed by atoms with van der Waals surface area (Å²) in [5, 5.41) is 9.76. The number of aliphatic hydroxyl groups is 1. The molecule has 0 spiro atoms. The average molecular weight is 385 g/mol. The number of hydrogen-bond donors (Lipinski definition) is 1. The molecule has 1 amide bonds. The summed E-state index contributed by atoms with van der Waals surface area (Å²) in [6, 6.07) is 15.4. The maximum Gasteiger partial charge on any atom is 0.254 e. The molecule has 0 aliphatic heterocycles. The Morgan fingerprint density at radius 2 is 1.57 bits per heavy atom. The summed E-state index contributed by atoms with van der Waals surface area (Å²) in [7, 11) is 1.63. The summed E-state index contributed by atoms with van der Waals surface area (Å²) in [6.45, 7) is 10.1. The van der Waals surface area contributed by atoms with Crippen LogP contribution in [0.5, 0.6) is 5.75 Å². The molecular formula is C23H32N2O3. The predicted molar refractivity (Wildman–Crippen MR) is 115 cm³/mol. The number of benzene rings is 2. The van der Waals surface area contributed by atoms with Crippen molar-refractivity contribution >= 4 is 17.3 Å². The van der Waals surface area contributed by atoms with Gasteiger partial charge in [-0.1, -0.05) is 6.07 Å². The molecule has 0 aliphatic carbocycles. The summed E-state index contributed by atoms with van der Waals surface area (Å²) < 4.78 is 5.34. The molecule has 2 aromatic rings. The van der Waals surface area contributed by atoms with Crippen molar-refractivity contribution in [2.45, 2.75) is 52.7 Å². The van der Waals surface area contributed by atoms with E-state index in [1.54, 1.807) is 7.11 Å². The highest BCUT2D eigenvalue weighted by atomic mass is 16.5. The van der Waals surface area contributed by atoms with E-state index in [0.717, 1.165) is 17.1 Å². The van der Waals surface area contributed by atoms with E-state index < -0.39 is 0 Å². The summed E-state index contributed by atoms with van der Waals surface area (Å²) in [6.07, 6.45) is 0. The first-order valence-corrected chi connectivity index (χ1v) is 9.77. The monoisotopic (exact) mass is 384 g/mol. The highest BCUT2D eigenvalue weighted by molar-refractivity contribution is 5.95. The van der Waals surface area contributed by atoms with Crippen LogP contribution >= 0.6 is 0 Å². The average Bonchev–Trinajstić information content (AvgIpc) is 2.68. The lowest BCUT2D eigenvalue weighted by molar-refractivity contribution is 0.0643. The fourth-order valence-electron chi connectivity index (χ4n) is 3.48. The smallest absolute Gasteiger partial charge is 0.254 e. The van der Waals surface area contributed by atoms with Gasteiger partial charge >= 0.3 is 0 Å². The minimum atomic E-state index is -0.128. The van der Waals surface area contributed by atoms with Crippen molar-refractivity contribution in [2.24, 2.45) is 0 Å². The predicted octanol–water partition coefficient (Wildman–Crippen LogP) is 4.47. The second-order valence-electron chi connectivity index (χ2n) is 7.55. The van der Waals surface area contributed by atoms with Crippen LogP contribution in [0.25, 0.3) is 0 Å². The van der Waals surface area contributed by atoms with E-state index in [1.807, 2.05) is 92.9 Å². The summed E-state index contributed by atoms with van der Waals surface area (Å²) in [4.78, 5) is 16.8. The van der Waals surface area contributed by atoms with Crippen molar-refractivity contribution in [3.63, 3.8) is 0 Å². The molecule has 1 unspecified atom stereocenters. The van der Waals surface area contributed by atoms with Gasteiger partial charge in [0.25, 0.3) is 5.91 Å². The fourth-order valence-corrected chi connectivity index (χ4v) is 3.48. The van der Waals surface area contributed by atoms with E-state index >= 15 is 0 Å². The third-order valence-corrected chi connectivity index (χ3v) is 4.78. The Balaban J connectivity index is 2.37. The number of aliphatic hydroxyl groups excluding tert-OH is 1. The lowest BCUT2D eigenvalue weighted by Crippen LogP contribution is -2.42. The van der Waals surface area contributed by atoms with Crippen LogP contribution in [0.2, 0.25) is 0 Å². The van der Waals surface area contributed by atoms with E-state index in [2.05, 4.69) is 0 Å². The van der Waals surface area contributed by atoms with Crippen LogP contribution in [-0.4, -0.2) is 47.8 Å². The zero-order valence-electron chi connectivity index (χ0n) is 17.7. The Hall–Kier alpha value is -2.53. The van der Waals surface area contributed by atoms with Gasteiger partial charge in [-0.3, -0.25) is 4.79 Å². The summed E-state index contributed by atoms with van der Waals surface area (Å²) in [5.41, 5.74) is 2.49. The highest BCUT2D eigenvalue weighted by Crippen LogP contribution is 2.31. The molecule has 5 heteroatoms. The molecule has 2 aromatic carbocycles. The Morgan fingerprint density at radius 3 is 2.07 bits per heavy atom. The van der Waals surface area contributed by atoms with Crippen molar-refractivity contribution in [2.75, 3.05) is 18.6 Å². The number of nitrogens with zero attached hydrogens (tertiary/aromatic N) is 2. The second kappa shape index (κ2) is 9.60. The highest BCUT2D eigenvalue weighted by Gasteiger charge is 2.22. The van der Waals surface area contributed by atoms with E-state index in [9.17, 15) is 9.90 Å². The molecule has 152 valence electrons. The number of amides is 1. The van der Waals surface area contributed by atoms with E-state index in [-0.39, 0.29) is 30.6 Å². The molecule has 1 N–H and O–H groups in total. The number of carbonyl (C=O) groups is 1. The first-order chi connectivity index (χ1) is 13.3. The largest absolute Gasteiger partial charge is 0.497 e. The third-order valence-electron chi connectivity index (χ3n) is 4.78. The van der Waals surface area contributed by atoms with Gasteiger partial charge in [0.1, 0.15) is 5.75 Å². The molecule has 0 fully saturated rings. The number of ether oxygens (including phenoxy) is 1. The first kappa shape index (κ1) is 21.8. The number of rotatable bonds is 8. The Kier molecular flexibility index (Phi) is 7.46. The van der Waals surface area contributed by atoms with Crippen LogP contribution in [0.15, 0.2) is 48.5 Å². The molecule has 5 nitrogen and oxygen atoms in total. The fraction of sp³-hybridized carbons (Fsp3) is 0.435. The Morgan fingerprint density at radius 1 is 0.964 bits per heavy atom. The third kappa shape index (κ3) is 4.84. The van der Waals surface area contributed by atoms with Crippen molar-refractivity contribution in [3.05, 3.63) is 54.1 Å². The molecule has 1 atom stereocenters. The standard InChI is InChI=1S/C23H32N2O3/c1-16(2)24(17(3)4)23(27)19-10-12-20(13-11-19)25(18(5)15-26)21-8-7-9-22(14-21)28-6/h7-14,16-18,26H,15H2,1-6H3. The molecule has 0 aromatic heterocycles. The Labute approximate surface area is 168 Å². The van der Waals surface area contributed by atoms with E-state index in [0.29, 0.717) is 5.56 Å². The van der Waals surface area contributed by atoms with E-state index in [1.165, 1.54) is 0 Å². The lowest BCUT2D eigenvalue weighted by atomic mass is 10.1. The molecule has 2 rings (SSSR count). The lowest BCUT2D eigenvalue weighted by Gasteiger charge is -2.32. The first-order valence-electron chi connectivity index (χ1n) is 9.77. The number of methoxy groups -OCH3 is 1. The van der Waals surface area contributed by atoms with Crippen LogP contribution in [0, 0.1) is 0 Å². The maximum atomic E-state index is 12.9. The second-order valence-corrected chi connectivity index (χ2v) is 7.55. The topological polar surface area (TPSA) is 53.0 Å². The van der Waals surface area contributed by atoms with Crippen LogP contribution < -0.4 is 9.64 Å². The van der Waals surface area contributed by atoms with Crippen LogP contribution in [-0.2, 0) is 0 Å². The molecule has 0 bridgehead atoms. The number of anilines is 2. The van der Waals surface area contributed by atoms with Crippen molar-refractivity contribution in [1.29, 1.82) is 0 Å². The van der Waals surface area contributed by atoms with E-state index in [4.69, 9.17) is 4.74 Å². The molecule has 0 saturated carbocycles. The van der Waals surface area contributed by atoms with Gasteiger partial charge in [0.15, 0.2) is 0 Å². The number of carbonyl (C=O) groups excluding carboxylic acids is 1. The zero-order valence-corrected chi connectivity index (χ0v) is 17.7. The van der Waals surface area contributed by atoms with Crippen molar-refractivity contribution < 1.29 is 14.6 Å². The summed E-state index contributed by atoms with van der Waals surface area (Å²) >= 11 is 0. The molecule has 0 heterocycles. The van der Waals surface area contributed by atoms with Gasteiger partial charge in [0.2, 0.25) is 0 Å². The normalized spacial score (nSPS) is 12.2. The minimum absolute atomic E-state index is 0.00632. The van der Waals surface area contributed by atoms with Gasteiger partial charge in [-0.05, 0) is 71.0 Å². The SMILES string of the molecule is COc1cccc(N(c2ccc(C(=O)N(C(C)C)C(C)C)cc2)C(C)CO)c1. The number of hydrogen-bond acceptors (Lipinski definition) is 4. The van der Waals surface area contributed by atoms with Gasteiger partial charge < -0.3 is 19.6 Å². The van der Waals surface area contributed by atoms with Crippen LogP contribution in [0.4, 0.5) is 11.4 Å². The minimum Gasteiger partial charge on any atom is -0.497 e. The van der Waals surface area contributed by atoms with Gasteiger partial charge in [-0.25, -0.2) is 0 Å². The molecule has 28 heavy (non-hydrogen) atoms. The van der Waals surface area contributed by atoms with Gasteiger partial charge in [-0.15, -0.1) is 0 Å². The molecule has 0 aliphatic rings. The molecule has 0 saturated heterocycles. The van der Waals surface area contributed by atoms with Crippen molar-refractivity contribution in [1.82, 2.24) is 4.90 Å². The quantitative estimate of drug-likeness (QED) is 0.729. The maximum absolute atomic E-state index is 12.9. The molecular weight excluding hydrogens is 352 g/mol. The van der Waals surface area contributed by atoms with Gasteiger partial charge in [-0.2, -0.15) is 0 Å². The van der Waals surface area contributed by atoms with Crippen molar-refractivity contribution in [3.8, 4) is 5.75 Å². The van der Waals surface area contributed by atoms with Gasteiger partial charge in [0, 0.05) is 35.1 Å². The molecule has 0 radical (unpaired) electrons. The summed E-state index contributed by atoms with van der Waals surface area (Å²) in [5.74, 6) is 0.781.